The molecule has 41 heavy (non-hydrogen) atoms. The predicted octanol–water partition coefficient (Wildman–Crippen LogP) is 4.01. The predicted molar refractivity (Wildman–Crippen MR) is 156 cm³/mol. The van der Waals surface area contributed by atoms with Gasteiger partial charge in [0.15, 0.2) is 11.5 Å². The van der Waals surface area contributed by atoms with Crippen LogP contribution in [0.2, 0.25) is 0 Å². The van der Waals surface area contributed by atoms with Crippen molar-refractivity contribution in [1.82, 2.24) is 19.7 Å². The van der Waals surface area contributed by atoms with E-state index < -0.39 is 23.1 Å². The fraction of sp³-hybridized carbons (Fsp3) is 0.536. The largest absolute Gasteiger partial charge is 0.389 e. The first-order valence-corrected chi connectivity index (χ1v) is 14.7. The first kappa shape index (κ1) is 29.4. The molecule has 5 heterocycles. The second-order valence-electron chi connectivity index (χ2n) is 10.9. The van der Waals surface area contributed by atoms with E-state index in [4.69, 9.17) is 15.2 Å². The number of carbonyl (C=O) groups excluding carboxylic acids is 1. The lowest BCUT2D eigenvalue weighted by molar-refractivity contribution is -0.0782. The van der Waals surface area contributed by atoms with Gasteiger partial charge in [-0.2, -0.15) is 5.10 Å². The third-order valence-corrected chi connectivity index (χ3v) is 8.74. The van der Waals surface area contributed by atoms with Crippen LogP contribution in [0, 0.1) is 11.8 Å². The molecular weight excluding hydrogens is 552 g/mol. The number of aromatic nitrogens is 3. The number of carbonyl (C=O) groups is 1. The summed E-state index contributed by atoms with van der Waals surface area (Å²) in [5.41, 5.74) is 5.97. The van der Waals surface area contributed by atoms with Crippen LogP contribution in [-0.4, -0.2) is 84.2 Å². The van der Waals surface area contributed by atoms with E-state index in [0.717, 1.165) is 95.1 Å². The van der Waals surface area contributed by atoms with Crippen molar-refractivity contribution in [1.29, 1.82) is 0 Å². The van der Waals surface area contributed by atoms with Crippen molar-refractivity contribution in [2.75, 3.05) is 68.6 Å². The van der Waals surface area contributed by atoms with Crippen molar-refractivity contribution in [2.45, 2.75) is 25.3 Å². The molecule has 0 radical (unpaired) electrons. The number of hydrogen-bond acceptors (Lipinski definition) is 9. The molecule has 2 aromatic rings. The summed E-state index contributed by atoms with van der Waals surface area (Å²) in [6.45, 7) is 13.6. The van der Waals surface area contributed by atoms with Crippen LogP contribution in [0.15, 0.2) is 37.1 Å². The Labute approximate surface area is 242 Å². The van der Waals surface area contributed by atoms with Crippen LogP contribution in [0.1, 0.15) is 34.8 Å². The maximum Gasteiger partial charge on any atom is 0.277 e. The van der Waals surface area contributed by atoms with Gasteiger partial charge < -0.3 is 25.4 Å². The number of anilines is 3. The van der Waals surface area contributed by atoms with Crippen LogP contribution >= 0.6 is 11.3 Å². The molecule has 13 heteroatoms. The Morgan fingerprint density at radius 2 is 1.90 bits per heavy atom. The number of nitrogens with zero attached hydrogens (tertiary/aromatic N) is 5. The molecule has 3 fully saturated rings. The first-order chi connectivity index (χ1) is 19.7. The summed E-state index contributed by atoms with van der Waals surface area (Å²) in [5.74, 6) is -0.585. The Hall–Kier alpha value is -3.13. The van der Waals surface area contributed by atoms with E-state index in [9.17, 15) is 13.6 Å². The molecule has 5 rings (SSSR count). The third-order valence-electron chi connectivity index (χ3n) is 7.84. The molecule has 3 N–H and O–H groups in total. The average Bonchev–Trinajstić information content (AvgIpc) is 3.34. The molecule has 0 bridgehead atoms. The van der Waals surface area contributed by atoms with Gasteiger partial charge >= 0.3 is 0 Å². The number of aryl methyl sites for hydroxylation is 1. The number of halogens is 2. The second-order valence-corrected chi connectivity index (χ2v) is 11.9. The van der Waals surface area contributed by atoms with Gasteiger partial charge in [0.05, 0.1) is 38.2 Å². The minimum Gasteiger partial charge on any atom is -0.389 e. The maximum atomic E-state index is 14.2. The molecule has 222 valence electrons. The highest BCUT2D eigenvalue weighted by Gasteiger charge is 2.32. The minimum atomic E-state index is -1.03. The number of nitrogen functional groups attached to an aromatic ring is 1. The van der Waals surface area contributed by atoms with E-state index in [1.807, 2.05) is 7.05 Å². The van der Waals surface area contributed by atoms with E-state index in [-0.39, 0.29) is 15.7 Å². The van der Waals surface area contributed by atoms with E-state index in [2.05, 4.69) is 38.4 Å². The number of rotatable bonds is 11. The van der Waals surface area contributed by atoms with Crippen LogP contribution in [0.3, 0.4) is 0 Å². The fourth-order valence-electron chi connectivity index (χ4n) is 5.60. The Morgan fingerprint density at radius 1 is 1.22 bits per heavy atom. The summed E-state index contributed by atoms with van der Waals surface area (Å²) in [6, 6.07) is 0.462. The van der Waals surface area contributed by atoms with Crippen molar-refractivity contribution in [2.24, 2.45) is 18.9 Å². The fourth-order valence-corrected chi connectivity index (χ4v) is 6.49. The lowest BCUT2D eigenvalue weighted by atomic mass is 9.99. The van der Waals surface area contributed by atoms with Crippen molar-refractivity contribution in [3.8, 4) is 0 Å². The summed E-state index contributed by atoms with van der Waals surface area (Å²) < 4.78 is 40.8. The van der Waals surface area contributed by atoms with Gasteiger partial charge in [-0.15, -0.1) is 0 Å². The Bertz CT molecular complexity index is 1300. The van der Waals surface area contributed by atoms with E-state index >= 15 is 0 Å². The zero-order valence-electron chi connectivity index (χ0n) is 23.3. The molecule has 1 atom stereocenters. The van der Waals surface area contributed by atoms with Gasteiger partial charge in [-0.1, -0.05) is 24.5 Å². The van der Waals surface area contributed by atoms with Gasteiger partial charge in [-0.25, -0.2) is 13.8 Å². The Morgan fingerprint density at radius 3 is 2.49 bits per heavy atom. The molecule has 0 aromatic carbocycles. The van der Waals surface area contributed by atoms with Crippen LogP contribution in [0.5, 0.6) is 0 Å². The average molecular weight is 590 g/mol. The van der Waals surface area contributed by atoms with Crippen LogP contribution in [0.25, 0.3) is 5.57 Å². The number of nitrogens with one attached hydrogen (secondary N) is 1. The van der Waals surface area contributed by atoms with Crippen molar-refractivity contribution in [3.05, 3.63) is 47.8 Å². The van der Waals surface area contributed by atoms with Crippen LogP contribution < -0.4 is 16.0 Å². The smallest absolute Gasteiger partial charge is 0.277 e. The highest BCUT2D eigenvalue weighted by atomic mass is 32.1. The van der Waals surface area contributed by atoms with Gasteiger partial charge in [0.25, 0.3) is 5.91 Å². The monoisotopic (exact) mass is 589 g/mol. The Balaban J connectivity index is 1.29. The highest BCUT2D eigenvalue weighted by molar-refractivity contribution is 7.17. The number of hydrogen-bond donors (Lipinski definition) is 2. The number of amides is 1. The van der Waals surface area contributed by atoms with Gasteiger partial charge in [-0.3, -0.25) is 14.4 Å². The number of thiazole rings is 1. The third kappa shape index (κ3) is 6.53. The van der Waals surface area contributed by atoms with E-state index in [1.165, 1.54) is 0 Å². The zero-order chi connectivity index (χ0) is 29.1. The lowest BCUT2D eigenvalue weighted by Gasteiger charge is -2.40. The summed E-state index contributed by atoms with van der Waals surface area (Å²) in [7, 11) is 1.84. The molecule has 2 aromatic heterocycles. The van der Waals surface area contributed by atoms with Gasteiger partial charge in [-0.05, 0) is 25.3 Å². The molecule has 0 aliphatic carbocycles. The highest BCUT2D eigenvalue weighted by Crippen LogP contribution is 2.35. The number of allylic oxidation sites excluding steroid dienone is 4. The lowest BCUT2D eigenvalue weighted by Crippen LogP contribution is -2.49. The topological polar surface area (TPSA) is 111 Å². The normalized spacial score (nSPS) is 20.7. The SMILES string of the molecule is C=C/C(F)=C(\C(=C)F)c1nc(C(=O)Nc2cnn(C)c2N2CCCC(N(CC3COC3)CC3COC3)CC2)c(N)s1. The van der Waals surface area contributed by atoms with Crippen LogP contribution in [-0.2, 0) is 16.5 Å². The van der Waals surface area contributed by atoms with E-state index in [0.29, 0.717) is 23.6 Å². The van der Waals surface area contributed by atoms with Crippen molar-refractivity contribution in [3.63, 3.8) is 0 Å². The first-order valence-electron chi connectivity index (χ1n) is 13.9. The van der Waals surface area contributed by atoms with Crippen molar-refractivity contribution < 1.29 is 23.0 Å². The molecule has 3 saturated heterocycles. The summed E-state index contributed by atoms with van der Waals surface area (Å²) in [6.07, 6.45) is 5.52. The molecule has 1 unspecified atom stereocenters. The second kappa shape index (κ2) is 12.8. The molecule has 0 spiro atoms. The Kier molecular flexibility index (Phi) is 9.17. The number of ether oxygens (including phenoxy) is 2. The summed E-state index contributed by atoms with van der Waals surface area (Å²) in [5, 5.41) is 7.20. The molecule has 3 aliphatic rings. The number of nitrogens with two attached hydrogens (primary N) is 1. The quantitative estimate of drug-likeness (QED) is 0.379. The molecule has 10 nitrogen and oxygen atoms in total. The summed E-state index contributed by atoms with van der Waals surface area (Å²) >= 11 is 0.804. The van der Waals surface area contributed by atoms with Gasteiger partial charge in [0.2, 0.25) is 0 Å². The molecule has 0 saturated carbocycles. The molecular formula is C28H37F2N7O3S. The minimum absolute atomic E-state index is 0.0324. The van der Waals surface area contributed by atoms with Gasteiger partial charge in [0.1, 0.15) is 27.3 Å². The summed E-state index contributed by atoms with van der Waals surface area (Å²) in [4.78, 5) is 22.3. The van der Waals surface area contributed by atoms with Crippen LogP contribution in [0.4, 0.5) is 25.3 Å². The van der Waals surface area contributed by atoms with E-state index in [1.54, 1.807) is 10.9 Å². The van der Waals surface area contributed by atoms with Gasteiger partial charge in [0, 0.05) is 51.1 Å². The zero-order valence-corrected chi connectivity index (χ0v) is 24.1. The standard InChI is InChI=1S/C28H37F2N7O3S/c1-4-21(30)23(17(2)29)27-34-24(25(31)41-27)26(38)33-22-10-32-35(3)28(22)36-8-5-6-20(7-9-36)37(11-18-13-39-14-18)12-19-15-40-16-19/h4,10,18-20H,1-2,5-9,11-16,31H2,3H3,(H,33,38)/b23-21-. The maximum absolute atomic E-state index is 14.2. The van der Waals surface area contributed by atoms with Crippen molar-refractivity contribution >= 4 is 39.3 Å². The molecule has 1 amide bonds. The molecule has 3 aliphatic heterocycles.